The molecule has 0 aromatic carbocycles. The normalized spacial score (nSPS) is 16.1. The van der Waals surface area contributed by atoms with Crippen molar-refractivity contribution in [3.63, 3.8) is 0 Å². The first-order chi connectivity index (χ1) is 15.2. The van der Waals surface area contributed by atoms with Gasteiger partial charge in [0.1, 0.15) is 6.04 Å². The highest BCUT2D eigenvalue weighted by Crippen LogP contribution is 2.37. The van der Waals surface area contributed by atoms with Gasteiger partial charge in [-0.2, -0.15) is 9.49 Å². The maximum absolute atomic E-state index is 14.1. The lowest BCUT2D eigenvalue weighted by molar-refractivity contribution is 0.499. The van der Waals surface area contributed by atoms with Crippen LogP contribution < -0.4 is 4.90 Å². The van der Waals surface area contributed by atoms with Crippen molar-refractivity contribution in [2.24, 2.45) is 0 Å². The fourth-order valence-electron chi connectivity index (χ4n) is 3.90. The molecule has 0 fully saturated rings. The van der Waals surface area contributed by atoms with Crippen LogP contribution in [0.25, 0.3) is 17.0 Å². The van der Waals surface area contributed by atoms with E-state index in [0.29, 0.717) is 18.0 Å². The number of rotatable bonds is 3. The van der Waals surface area contributed by atoms with E-state index in [0.717, 1.165) is 22.6 Å². The zero-order chi connectivity index (χ0) is 20.9. The van der Waals surface area contributed by atoms with Gasteiger partial charge in [0, 0.05) is 31.1 Å². The minimum atomic E-state index is -0.669. The molecule has 6 heterocycles. The number of anilines is 1. The van der Waals surface area contributed by atoms with Crippen LogP contribution >= 0.6 is 11.6 Å². The Hall–Kier alpha value is -3.79. The first kappa shape index (κ1) is 18.0. The molecule has 154 valence electrons. The monoisotopic (exact) mass is 436 g/mol. The zero-order valence-corrected chi connectivity index (χ0v) is 16.7. The second-order valence-electron chi connectivity index (χ2n) is 7.10. The largest absolute Gasteiger partial charge is 0.403 e. The van der Waals surface area contributed by atoms with Gasteiger partial charge in [-0.15, -0.1) is 5.10 Å². The van der Waals surface area contributed by atoms with Crippen LogP contribution in [0.4, 0.5) is 10.4 Å². The van der Waals surface area contributed by atoms with Crippen molar-refractivity contribution in [2.75, 3.05) is 11.4 Å². The maximum atomic E-state index is 14.1. The number of pyridine rings is 2. The number of fused-ring (bicyclic) bond motifs is 2. The molecule has 11 heteroatoms. The van der Waals surface area contributed by atoms with Gasteiger partial charge in [-0.25, -0.2) is 14.5 Å². The molecule has 1 aliphatic heterocycles. The molecule has 6 rings (SSSR count). The van der Waals surface area contributed by atoms with Crippen LogP contribution in [-0.2, 0) is 6.42 Å². The highest BCUT2D eigenvalue weighted by atomic mass is 35.5. The maximum Gasteiger partial charge on any atom is 0.319 e. The fourth-order valence-corrected chi connectivity index (χ4v) is 4.12. The third-order valence-corrected chi connectivity index (χ3v) is 5.64. The Morgan fingerprint density at radius 1 is 1.19 bits per heavy atom. The summed E-state index contributed by atoms with van der Waals surface area (Å²) in [5.74, 6) is -0.609. The van der Waals surface area contributed by atoms with Crippen molar-refractivity contribution in [3.05, 3.63) is 77.1 Å². The molecular weight excluding hydrogens is 423 g/mol. The first-order valence-corrected chi connectivity index (χ1v) is 9.94. The average Bonchev–Trinajstić information content (AvgIpc) is 3.52. The number of aromatic amines is 1. The topological polar surface area (TPSA) is 101 Å². The molecule has 5 aromatic heterocycles. The van der Waals surface area contributed by atoms with Crippen molar-refractivity contribution in [1.82, 2.24) is 34.8 Å². The molecule has 0 amide bonds. The summed E-state index contributed by atoms with van der Waals surface area (Å²) in [6.45, 7) is 0.582. The molecule has 1 N–H and O–H groups in total. The van der Waals surface area contributed by atoms with Crippen LogP contribution in [0.15, 0.2) is 53.5 Å². The van der Waals surface area contributed by atoms with E-state index in [9.17, 15) is 4.39 Å². The van der Waals surface area contributed by atoms with Gasteiger partial charge in [0.15, 0.2) is 0 Å². The Balaban J connectivity index is 1.46. The molecule has 0 spiro atoms. The summed E-state index contributed by atoms with van der Waals surface area (Å²) in [7, 11) is 0. The first-order valence-electron chi connectivity index (χ1n) is 9.56. The number of hydrogen-bond donors (Lipinski definition) is 1. The SMILES string of the molecule is Fc1ncccc1-c1nnc(N2CCc3[nH]cnc3[C@@H]2c2cc3c(Cl)cccn3n2)o1. The van der Waals surface area contributed by atoms with E-state index >= 15 is 0 Å². The molecular formula is C20H14ClFN8O. The van der Waals surface area contributed by atoms with Crippen LogP contribution in [-0.4, -0.2) is 41.3 Å². The van der Waals surface area contributed by atoms with E-state index in [2.05, 4.69) is 25.1 Å². The van der Waals surface area contributed by atoms with Gasteiger partial charge < -0.3 is 14.3 Å². The number of halogens is 2. The Kier molecular flexibility index (Phi) is 4.00. The lowest BCUT2D eigenvalue weighted by atomic mass is 10.0. The Bertz CT molecular complexity index is 1410. The molecule has 5 aromatic rings. The second-order valence-corrected chi connectivity index (χ2v) is 7.51. The Morgan fingerprint density at radius 3 is 3.00 bits per heavy atom. The third-order valence-electron chi connectivity index (χ3n) is 5.32. The van der Waals surface area contributed by atoms with Gasteiger partial charge in [0.05, 0.1) is 33.8 Å². The van der Waals surface area contributed by atoms with Crippen LogP contribution in [0.1, 0.15) is 23.1 Å². The highest BCUT2D eigenvalue weighted by molar-refractivity contribution is 6.33. The lowest BCUT2D eigenvalue weighted by Gasteiger charge is -2.32. The van der Waals surface area contributed by atoms with Crippen molar-refractivity contribution < 1.29 is 8.81 Å². The molecule has 9 nitrogen and oxygen atoms in total. The number of nitrogens with zero attached hydrogens (tertiary/aromatic N) is 7. The van der Waals surface area contributed by atoms with E-state index in [1.54, 1.807) is 23.0 Å². The third kappa shape index (κ3) is 2.87. The number of imidazole rings is 1. The molecule has 1 atom stereocenters. The highest BCUT2D eigenvalue weighted by Gasteiger charge is 2.36. The number of aromatic nitrogens is 7. The van der Waals surface area contributed by atoms with E-state index in [1.165, 1.54) is 6.20 Å². The second kappa shape index (κ2) is 6.88. The van der Waals surface area contributed by atoms with Crippen molar-refractivity contribution in [3.8, 4) is 11.5 Å². The Morgan fingerprint density at radius 2 is 2.13 bits per heavy atom. The summed E-state index contributed by atoms with van der Waals surface area (Å²) in [6.07, 6.45) is 5.57. The summed E-state index contributed by atoms with van der Waals surface area (Å²) in [6, 6.07) is 8.59. The van der Waals surface area contributed by atoms with E-state index in [1.807, 2.05) is 29.3 Å². The van der Waals surface area contributed by atoms with Gasteiger partial charge in [-0.1, -0.05) is 16.7 Å². The van der Waals surface area contributed by atoms with Gasteiger partial charge in [-0.05, 0) is 30.3 Å². The smallest absolute Gasteiger partial charge is 0.319 e. The minimum Gasteiger partial charge on any atom is -0.403 e. The zero-order valence-electron chi connectivity index (χ0n) is 15.9. The van der Waals surface area contributed by atoms with Crippen LogP contribution in [0, 0.1) is 5.95 Å². The summed E-state index contributed by atoms with van der Waals surface area (Å²) >= 11 is 6.35. The molecule has 1 aliphatic rings. The van der Waals surface area contributed by atoms with E-state index in [4.69, 9.17) is 21.1 Å². The number of hydrogen-bond acceptors (Lipinski definition) is 7. The summed E-state index contributed by atoms with van der Waals surface area (Å²) in [5, 5.41) is 13.5. The van der Waals surface area contributed by atoms with Crippen LogP contribution in [0.2, 0.25) is 5.02 Å². The minimum absolute atomic E-state index is 0.0604. The van der Waals surface area contributed by atoms with Crippen molar-refractivity contribution >= 4 is 23.1 Å². The lowest BCUT2D eigenvalue weighted by Crippen LogP contribution is -2.36. The summed E-state index contributed by atoms with van der Waals surface area (Å²) < 4.78 is 21.7. The average molecular weight is 437 g/mol. The molecule has 0 aliphatic carbocycles. The molecule has 0 bridgehead atoms. The van der Waals surface area contributed by atoms with Gasteiger partial charge in [-0.3, -0.25) is 0 Å². The molecule has 0 saturated carbocycles. The Labute approximate surface area is 179 Å². The van der Waals surface area contributed by atoms with E-state index in [-0.39, 0.29) is 23.5 Å². The van der Waals surface area contributed by atoms with Crippen molar-refractivity contribution in [2.45, 2.75) is 12.5 Å². The molecule has 0 unspecified atom stereocenters. The summed E-state index contributed by atoms with van der Waals surface area (Å²) in [5.41, 5.74) is 3.49. The van der Waals surface area contributed by atoms with Crippen LogP contribution in [0.5, 0.6) is 0 Å². The predicted molar refractivity (Wildman–Crippen MR) is 109 cm³/mol. The number of nitrogens with one attached hydrogen (secondary N) is 1. The fraction of sp³-hybridized carbons (Fsp3) is 0.150. The van der Waals surface area contributed by atoms with Crippen LogP contribution in [0.3, 0.4) is 0 Å². The number of H-pyrrole nitrogens is 1. The van der Waals surface area contributed by atoms with Gasteiger partial charge in [0.2, 0.25) is 5.95 Å². The standard InChI is InChI=1S/C20H14ClFN8O/c21-12-4-2-7-30-15(12)9-14(28-30)17-16-13(24-10-25-16)5-8-29(17)20-27-26-19(31-20)11-3-1-6-23-18(11)22/h1-4,6-7,9-10,17H,5,8H2,(H,24,25)/t17-/m0/s1. The van der Waals surface area contributed by atoms with Gasteiger partial charge in [0.25, 0.3) is 5.89 Å². The van der Waals surface area contributed by atoms with Gasteiger partial charge >= 0.3 is 6.01 Å². The predicted octanol–water partition coefficient (Wildman–Crippen LogP) is 3.45. The van der Waals surface area contributed by atoms with E-state index < -0.39 is 5.95 Å². The molecule has 0 radical (unpaired) electrons. The molecule has 31 heavy (non-hydrogen) atoms. The van der Waals surface area contributed by atoms with Crippen molar-refractivity contribution in [1.29, 1.82) is 0 Å². The summed E-state index contributed by atoms with van der Waals surface area (Å²) in [4.78, 5) is 13.3. The molecule has 0 saturated heterocycles. The quantitative estimate of drug-likeness (QED) is 0.432.